The van der Waals surface area contributed by atoms with E-state index < -0.39 is 11.8 Å². The summed E-state index contributed by atoms with van der Waals surface area (Å²) in [5.41, 5.74) is 13.9. The van der Waals surface area contributed by atoms with Gasteiger partial charge in [-0.3, -0.25) is 14.5 Å². The fourth-order valence-electron chi connectivity index (χ4n) is 2.45. The number of nitrogens with zero attached hydrogens (tertiary/aromatic N) is 1. The molecule has 2 aromatic rings. The fourth-order valence-corrected chi connectivity index (χ4v) is 2.45. The topological polar surface area (TPSA) is 98.7 Å². The lowest BCUT2D eigenvalue weighted by Crippen LogP contribution is -2.42. The number of ether oxygens (including phenoxy) is 1. The molecule has 3 rings (SSSR count). The first-order valence-corrected chi connectivity index (χ1v) is 7.40. The first-order chi connectivity index (χ1) is 11.4. The summed E-state index contributed by atoms with van der Waals surface area (Å²) in [6, 6.07) is 12.6. The van der Waals surface area contributed by atoms with Crippen molar-refractivity contribution in [3.8, 4) is 5.75 Å². The fraction of sp³-hybridized carbons (Fsp3) is 0.111. The number of anilines is 2. The van der Waals surface area contributed by atoms with E-state index in [0.29, 0.717) is 17.1 Å². The minimum atomic E-state index is -0.617. The Balaban J connectivity index is 2.04. The number of nitrogen functional groups attached to an aromatic ring is 1. The van der Waals surface area contributed by atoms with Crippen molar-refractivity contribution in [2.45, 2.75) is 6.92 Å². The summed E-state index contributed by atoms with van der Waals surface area (Å²) in [5, 5.41) is 0. The van der Waals surface area contributed by atoms with Crippen molar-refractivity contribution in [3.63, 3.8) is 0 Å². The Labute approximate surface area is 139 Å². The molecular weight excluding hydrogens is 306 g/mol. The molecule has 1 heterocycles. The van der Waals surface area contributed by atoms with Gasteiger partial charge in [0.15, 0.2) is 11.5 Å². The lowest BCUT2D eigenvalue weighted by Gasteiger charge is -2.29. The zero-order valence-corrected chi connectivity index (χ0v) is 13.2. The zero-order chi connectivity index (χ0) is 17.3. The van der Waals surface area contributed by atoms with Gasteiger partial charge in [0, 0.05) is 5.69 Å². The zero-order valence-electron chi connectivity index (χ0n) is 13.2. The maximum atomic E-state index is 12.7. The van der Waals surface area contributed by atoms with Crippen LogP contribution in [0.2, 0.25) is 0 Å². The molecule has 0 saturated heterocycles. The summed E-state index contributed by atoms with van der Waals surface area (Å²) in [4.78, 5) is 25.3. The van der Waals surface area contributed by atoms with Crippen molar-refractivity contribution >= 4 is 29.3 Å². The van der Waals surface area contributed by atoms with Gasteiger partial charge in [-0.05, 0) is 36.8 Å². The molecule has 6 nitrogen and oxygen atoms in total. The van der Waals surface area contributed by atoms with Gasteiger partial charge in [-0.2, -0.15) is 0 Å². The molecule has 122 valence electrons. The number of carbonyl (C=O) groups excluding carboxylic acids is 2. The van der Waals surface area contributed by atoms with Gasteiger partial charge in [0.2, 0.25) is 5.91 Å². The summed E-state index contributed by atoms with van der Waals surface area (Å²) in [7, 11) is 0. The van der Waals surface area contributed by atoms with E-state index in [4.69, 9.17) is 16.2 Å². The molecule has 6 heteroatoms. The van der Waals surface area contributed by atoms with E-state index in [1.165, 1.54) is 4.90 Å². The first-order valence-electron chi connectivity index (χ1n) is 7.40. The second kappa shape index (κ2) is 6.08. The van der Waals surface area contributed by atoms with Crippen LogP contribution in [0.1, 0.15) is 11.1 Å². The van der Waals surface area contributed by atoms with Crippen molar-refractivity contribution in [3.05, 3.63) is 59.4 Å². The Morgan fingerprint density at radius 3 is 2.58 bits per heavy atom. The standard InChI is InChI=1S/C18H17N3O3/c1-11-2-4-12(5-3-11)8-16-18(23)21(10-17(20)22)14-9-13(19)6-7-15(14)24-16/h2-9H,10,19H2,1H3,(H2,20,22)/b16-8+. The molecule has 0 aliphatic carbocycles. The summed E-state index contributed by atoms with van der Waals surface area (Å²) in [6.07, 6.45) is 1.63. The normalized spacial score (nSPS) is 15.1. The third-order valence-electron chi connectivity index (χ3n) is 3.64. The van der Waals surface area contributed by atoms with Crippen LogP contribution in [0, 0.1) is 6.92 Å². The number of carbonyl (C=O) groups is 2. The molecule has 0 saturated carbocycles. The highest BCUT2D eigenvalue weighted by Gasteiger charge is 2.31. The third-order valence-corrected chi connectivity index (χ3v) is 3.64. The second-order valence-corrected chi connectivity index (χ2v) is 5.61. The number of hydrogen-bond donors (Lipinski definition) is 2. The Kier molecular flexibility index (Phi) is 3.95. The predicted octanol–water partition coefficient (Wildman–Crippen LogP) is 1.83. The highest BCUT2D eigenvalue weighted by Crippen LogP contribution is 2.37. The number of rotatable bonds is 3. The van der Waals surface area contributed by atoms with Crippen LogP contribution in [-0.2, 0) is 9.59 Å². The van der Waals surface area contributed by atoms with E-state index in [2.05, 4.69) is 0 Å². The Bertz CT molecular complexity index is 841. The van der Waals surface area contributed by atoms with E-state index in [0.717, 1.165) is 11.1 Å². The maximum absolute atomic E-state index is 12.7. The van der Waals surface area contributed by atoms with Crippen LogP contribution in [0.25, 0.3) is 6.08 Å². The monoisotopic (exact) mass is 323 g/mol. The van der Waals surface area contributed by atoms with Crippen LogP contribution in [-0.4, -0.2) is 18.4 Å². The largest absolute Gasteiger partial charge is 0.449 e. The maximum Gasteiger partial charge on any atom is 0.294 e. The van der Waals surface area contributed by atoms with Gasteiger partial charge in [-0.25, -0.2) is 0 Å². The molecule has 2 aromatic carbocycles. The van der Waals surface area contributed by atoms with Crippen LogP contribution in [0.4, 0.5) is 11.4 Å². The smallest absolute Gasteiger partial charge is 0.294 e. The molecule has 0 bridgehead atoms. The number of benzene rings is 2. The number of fused-ring (bicyclic) bond motifs is 1. The third kappa shape index (κ3) is 3.08. The predicted molar refractivity (Wildman–Crippen MR) is 92.2 cm³/mol. The molecule has 24 heavy (non-hydrogen) atoms. The summed E-state index contributed by atoms with van der Waals surface area (Å²) in [5.74, 6) is -0.485. The molecule has 1 aliphatic rings. The van der Waals surface area contributed by atoms with Crippen molar-refractivity contribution in [2.75, 3.05) is 17.2 Å². The van der Waals surface area contributed by atoms with Gasteiger partial charge >= 0.3 is 0 Å². The molecule has 0 aromatic heterocycles. The van der Waals surface area contributed by atoms with Gasteiger partial charge in [0.1, 0.15) is 6.54 Å². The van der Waals surface area contributed by atoms with Crippen molar-refractivity contribution in [1.82, 2.24) is 0 Å². The lowest BCUT2D eigenvalue weighted by molar-refractivity contribution is -0.121. The van der Waals surface area contributed by atoms with Gasteiger partial charge in [-0.15, -0.1) is 0 Å². The van der Waals surface area contributed by atoms with E-state index in [9.17, 15) is 9.59 Å². The molecular formula is C18H17N3O3. The molecule has 2 amide bonds. The Morgan fingerprint density at radius 2 is 1.92 bits per heavy atom. The van der Waals surface area contributed by atoms with Gasteiger partial charge in [0.25, 0.3) is 5.91 Å². The van der Waals surface area contributed by atoms with Crippen LogP contribution in [0.5, 0.6) is 5.75 Å². The van der Waals surface area contributed by atoms with Crippen LogP contribution >= 0.6 is 0 Å². The van der Waals surface area contributed by atoms with E-state index in [-0.39, 0.29) is 12.3 Å². The van der Waals surface area contributed by atoms with Crippen molar-refractivity contribution in [2.24, 2.45) is 5.73 Å². The van der Waals surface area contributed by atoms with Crippen molar-refractivity contribution in [1.29, 1.82) is 0 Å². The minimum Gasteiger partial charge on any atom is -0.449 e. The molecule has 4 N–H and O–H groups in total. The molecule has 0 spiro atoms. The average Bonchev–Trinajstić information content (AvgIpc) is 2.54. The van der Waals surface area contributed by atoms with Crippen LogP contribution < -0.4 is 21.1 Å². The molecule has 0 radical (unpaired) electrons. The first kappa shape index (κ1) is 15.6. The van der Waals surface area contributed by atoms with Crippen molar-refractivity contribution < 1.29 is 14.3 Å². The van der Waals surface area contributed by atoms with E-state index >= 15 is 0 Å². The molecule has 0 atom stereocenters. The average molecular weight is 323 g/mol. The SMILES string of the molecule is Cc1ccc(/C=C2/Oc3ccc(N)cc3N(CC(N)=O)C2=O)cc1. The van der Waals surface area contributed by atoms with Gasteiger partial charge in [0.05, 0.1) is 5.69 Å². The van der Waals surface area contributed by atoms with Gasteiger partial charge < -0.3 is 16.2 Å². The number of aryl methyl sites for hydroxylation is 1. The Morgan fingerprint density at radius 1 is 1.21 bits per heavy atom. The molecule has 1 aliphatic heterocycles. The molecule has 0 fully saturated rings. The highest BCUT2D eigenvalue weighted by molar-refractivity contribution is 6.12. The number of amides is 2. The number of nitrogens with two attached hydrogens (primary N) is 2. The summed E-state index contributed by atoms with van der Waals surface area (Å²) < 4.78 is 5.71. The number of primary amides is 1. The molecule has 0 unspecified atom stereocenters. The van der Waals surface area contributed by atoms with Crippen LogP contribution in [0.15, 0.2) is 48.2 Å². The van der Waals surface area contributed by atoms with Gasteiger partial charge in [-0.1, -0.05) is 29.8 Å². The number of hydrogen-bond acceptors (Lipinski definition) is 4. The highest BCUT2D eigenvalue weighted by atomic mass is 16.5. The van der Waals surface area contributed by atoms with E-state index in [1.807, 2.05) is 31.2 Å². The van der Waals surface area contributed by atoms with E-state index in [1.54, 1.807) is 24.3 Å². The quantitative estimate of drug-likeness (QED) is 0.665. The summed E-state index contributed by atoms with van der Waals surface area (Å²) >= 11 is 0. The lowest BCUT2D eigenvalue weighted by atomic mass is 10.1. The second-order valence-electron chi connectivity index (χ2n) is 5.61. The Hall–Kier alpha value is -3.28. The summed E-state index contributed by atoms with van der Waals surface area (Å²) in [6.45, 7) is 1.73. The minimum absolute atomic E-state index is 0.123. The van der Waals surface area contributed by atoms with Crippen LogP contribution in [0.3, 0.4) is 0 Å².